The molecule has 1 aliphatic carbocycles. The van der Waals surface area contributed by atoms with Crippen molar-refractivity contribution in [3.63, 3.8) is 0 Å². The van der Waals surface area contributed by atoms with E-state index in [0.717, 1.165) is 55.5 Å². The molecular formula is C16H20N4O2. The maximum absolute atomic E-state index is 12.7. The number of nitrogens with zero attached hydrogens (tertiary/aromatic N) is 2. The zero-order valence-corrected chi connectivity index (χ0v) is 12.7. The van der Waals surface area contributed by atoms with Crippen LogP contribution in [0.3, 0.4) is 0 Å². The molecule has 3 heterocycles. The monoisotopic (exact) mass is 300 g/mol. The fourth-order valence-electron chi connectivity index (χ4n) is 3.12. The standard InChI is InChI=1S/C16H20N4O2/c1-9-14-12(15(21)18-11-3-2-6-17-8-11)7-13(10-4-5-10)19-16(14)22-20-9/h7,10-11,17H,2-6,8H2,1H3,(H,18,21). The van der Waals surface area contributed by atoms with Crippen LogP contribution in [0.1, 0.15) is 53.3 Å². The van der Waals surface area contributed by atoms with E-state index in [1.165, 1.54) is 0 Å². The molecule has 0 aromatic carbocycles. The van der Waals surface area contributed by atoms with Crippen molar-refractivity contribution >= 4 is 17.0 Å². The quantitative estimate of drug-likeness (QED) is 0.905. The molecule has 1 saturated heterocycles. The van der Waals surface area contributed by atoms with Gasteiger partial charge in [-0.05, 0) is 45.2 Å². The summed E-state index contributed by atoms with van der Waals surface area (Å²) in [6.45, 7) is 3.71. The number of piperidine rings is 1. The third-order valence-electron chi connectivity index (χ3n) is 4.51. The van der Waals surface area contributed by atoms with Crippen molar-refractivity contribution in [3.05, 3.63) is 23.0 Å². The van der Waals surface area contributed by atoms with Gasteiger partial charge in [-0.25, -0.2) is 4.98 Å². The Bertz CT molecular complexity index is 714. The summed E-state index contributed by atoms with van der Waals surface area (Å²) in [5, 5.41) is 11.2. The van der Waals surface area contributed by atoms with Crippen molar-refractivity contribution in [2.24, 2.45) is 0 Å². The minimum atomic E-state index is -0.0469. The van der Waals surface area contributed by atoms with Crippen LogP contribution >= 0.6 is 0 Å². The Hall–Kier alpha value is -1.95. The van der Waals surface area contributed by atoms with Gasteiger partial charge in [-0.1, -0.05) is 5.16 Å². The summed E-state index contributed by atoms with van der Waals surface area (Å²) in [5.74, 6) is 0.423. The lowest BCUT2D eigenvalue weighted by atomic mass is 10.0. The van der Waals surface area contributed by atoms with E-state index in [2.05, 4.69) is 20.8 Å². The van der Waals surface area contributed by atoms with Crippen molar-refractivity contribution in [3.8, 4) is 0 Å². The summed E-state index contributed by atoms with van der Waals surface area (Å²) in [5.41, 5.74) is 2.80. The SMILES string of the molecule is Cc1noc2nc(C3CC3)cc(C(=O)NC3CCCNC3)c12. The van der Waals surface area contributed by atoms with E-state index in [1.54, 1.807) is 0 Å². The molecule has 1 saturated carbocycles. The summed E-state index contributed by atoms with van der Waals surface area (Å²) < 4.78 is 5.29. The minimum Gasteiger partial charge on any atom is -0.348 e. The number of aromatic nitrogens is 2. The van der Waals surface area contributed by atoms with Crippen molar-refractivity contribution in [2.75, 3.05) is 13.1 Å². The molecule has 1 aliphatic heterocycles. The molecule has 1 atom stereocenters. The summed E-state index contributed by atoms with van der Waals surface area (Å²) in [6, 6.07) is 2.12. The first-order valence-electron chi connectivity index (χ1n) is 8.01. The van der Waals surface area contributed by atoms with E-state index in [4.69, 9.17) is 4.52 Å². The number of carbonyl (C=O) groups excluding carboxylic acids is 1. The van der Waals surface area contributed by atoms with E-state index < -0.39 is 0 Å². The first-order chi connectivity index (χ1) is 10.7. The highest BCUT2D eigenvalue weighted by molar-refractivity contribution is 6.06. The largest absolute Gasteiger partial charge is 0.348 e. The molecule has 0 spiro atoms. The molecule has 1 unspecified atom stereocenters. The topological polar surface area (TPSA) is 80.0 Å². The van der Waals surface area contributed by atoms with Crippen LogP contribution in [0.25, 0.3) is 11.1 Å². The second kappa shape index (κ2) is 5.35. The third kappa shape index (κ3) is 2.47. The van der Waals surface area contributed by atoms with Crippen LogP contribution in [0, 0.1) is 6.92 Å². The number of aryl methyl sites for hydroxylation is 1. The Kier molecular flexibility index (Phi) is 3.33. The van der Waals surface area contributed by atoms with E-state index in [1.807, 2.05) is 13.0 Å². The van der Waals surface area contributed by atoms with Gasteiger partial charge in [0, 0.05) is 24.2 Å². The number of fused-ring (bicyclic) bond motifs is 1. The highest BCUT2D eigenvalue weighted by Gasteiger charge is 2.29. The molecule has 6 nitrogen and oxygen atoms in total. The fraction of sp³-hybridized carbons (Fsp3) is 0.562. The van der Waals surface area contributed by atoms with Gasteiger partial charge in [-0.2, -0.15) is 0 Å². The van der Waals surface area contributed by atoms with Crippen molar-refractivity contribution in [1.29, 1.82) is 0 Å². The smallest absolute Gasteiger partial charge is 0.259 e. The fourth-order valence-corrected chi connectivity index (χ4v) is 3.12. The zero-order chi connectivity index (χ0) is 15.1. The zero-order valence-electron chi connectivity index (χ0n) is 12.7. The van der Waals surface area contributed by atoms with E-state index in [-0.39, 0.29) is 11.9 Å². The molecule has 2 aromatic heterocycles. The lowest BCUT2D eigenvalue weighted by Crippen LogP contribution is -2.45. The molecule has 6 heteroatoms. The van der Waals surface area contributed by atoms with Gasteiger partial charge in [0.15, 0.2) is 0 Å². The van der Waals surface area contributed by atoms with E-state index in [9.17, 15) is 4.79 Å². The molecule has 2 aliphatic rings. The van der Waals surface area contributed by atoms with Crippen molar-refractivity contribution in [1.82, 2.24) is 20.8 Å². The minimum absolute atomic E-state index is 0.0469. The summed E-state index contributed by atoms with van der Waals surface area (Å²) in [4.78, 5) is 17.3. The molecule has 22 heavy (non-hydrogen) atoms. The van der Waals surface area contributed by atoms with Gasteiger partial charge in [-0.15, -0.1) is 0 Å². The van der Waals surface area contributed by atoms with Gasteiger partial charge >= 0.3 is 0 Å². The van der Waals surface area contributed by atoms with Crippen molar-refractivity contribution < 1.29 is 9.32 Å². The van der Waals surface area contributed by atoms with Gasteiger partial charge in [-0.3, -0.25) is 4.79 Å². The predicted octanol–water partition coefficient (Wildman–Crippen LogP) is 1.89. The van der Waals surface area contributed by atoms with Gasteiger partial charge in [0.1, 0.15) is 0 Å². The molecule has 2 fully saturated rings. The van der Waals surface area contributed by atoms with Crippen LogP contribution in [-0.2, 0) is 0 Å². The highest BCUT2D eigenvalue weighted by Crippen LogP contribution is 2.40. The van der Waals surface area contributed by atoms with Crippen LogP contribution in [0.5, 0.6) is 0 Å². The first kappa shape index (κ1) is 13.7. The lowest BCUT2D eigenvalue weighted by molar-refractivity contribution is 0.0932. The molecule has 2 aromatic rings. The molecular weight excluding hydrogens is 280 g/mol. The van der Waals surface area contributed by atoms with Gasteiger partial charge in [0.05, 0.1) is 16.6 Å². The Balaban J connectivity index is 1.68. The number of hydrogen-bond donors (Lipinski definition) is 2. The average molecular weight is 300 g/mol. The number of rotatable bonds is 3. The molecule has 1 amide bonds. The van der Waals surface area contributed by atoms with Crippen LogP contribution in [0.2, 0.25) is 0 Å². The Labute approximate surface area is 128 Å². The van der Waals surface area contributed by atoms with E-state index >= 15 is 0 Å². The second-order valence-corrected chi connectivity index (χ2v) is 6.33. The van der Waals surface area contributed by atoms with Crippen LogP contribution in [0.4, 0.5) is 0 Å². The summed E-state index contributed by atoms with van der Waals surface area (Å²) in [7, 11) is 0. The molecule has 116 valence electrons. The Morgan fingerprint density at radius 1 is 1.41 bits per heavy atom. The van der Waals surface area contributed by atoms with Crippen LogP contribution in [-0.4, -0.2) is 35.2 Å². The Morgan fingerprint density at radius 2 is 2.27 bits per heavy atom. The number of pyridine rings is 1. The number of hydrogen-bond acceptors (Lipinski definition) is 5. The average Bonchev–Trinajstić information content (AvgIpc) is 3.32. The van der Waals surface area contributed by atoms with Crippen LogP contribution < -0.4 is 10.6 Å². The molecule has 0 bridgehead atoms. The van der Waals surface area contributed by atoms with Gasteiger partial charge in [0.25, 0.3) is 11.6 Å². The lowest BCUT2D eigenvalue weighted by Gasteiger charge is -2.24. The number of amides is 1. The number of nitrogens with one attached hydrogen (secondary N) is 2. The van der Waals surface area contributed by atoms with Crippen LogP contribution in [0.15, 0.2) is 10.6 Å². The van der Waals surface area contributed by atoms with Gasteiger partial charge in [0.2, 0.25) is 0 Å². The maximum Gasteiger partial charge on any atom is 0.259 e. The summed E-state index contributed by atoms with van der Waals surface area (Å²) >= 11 is 0. The van der Waals surface area contributed by atoms with Crippen molar-refractivity contribution in [2.45, 2.75) is 44.6 Å². The first-order valence-corrected chi connectivity index (χ1v) is 8.01. The Morgan fingerprint density at radius 3 is 3.00 bits per heavy atom. The molecule has 2 N–H and O–H groups in total. The maximum atomic E-state index is 12.7. The third-order valence-corrected chi connectivity index (χ3v) is 4.51. The molecule has 0 radical (unpaired) electrons. The van der Waals surface area contributed by atoms with Gasteiger partial charge < -0.3 is 15.2 Å². The van der Waals surface area contributed by atoms with E-state index in [0.29, 0.717) is 17.2 Å². The highest BCUT2D eigenvalue weighted by atomic mass is 16.5. The normalized spacial score (nSPS) is 22.0. The molecule has 4 rings (SSSR count). The second-order valence-electron chi connectivity index (χ2n) is 6.33. The summed E-state index contributed by atoms with van der Waals surface area (Å²) in [6.07, 6.45) is 4.39. The predicted molar refractivity (Wildman–Crippen MR) is 81.9 cm³/mol. The number of carbonyl (C=O) groups is 1.